The van der Waals surface area contributed by atoms with Crippen LogP contribution in [-0.2, 0) is 11.4 Å². The van der Waals surface area contributed by atoms with Gasteiger partial charge in [0.15, 0.2) is 4.80 Å². The van der Waals surface area contributed by atoms with Crippen LogP contribution in [0, 0.1) is 0 Å². The van der Waals surface area contributed by atoms with Gasteiger partial charge in [0.05, 0.1) is 22.9 Å². The molecule has 7 nitrogen and oxygen atoms in total. The van der Waals surface area contributed by atoms with Crippen LogP contribution in [0.5, 0.6) is 11.5 Å². The third-order valence-corrected chi connectivity index (χ3v) is 10.8. The minimum absolute atomic E-state index is 0.150. The van der Waals surface area contributed by atoms with Gasteiger partial charge in [-0.1, -0.05) is 100 Å². The number of carbonyl (C=O) groups is 1. The number of allylic oxidation sites excluding steroid dienone is 1. The molecule has 1 amide bonds. The van der Waals surface area contributed by atoms with Crippen molar-refractivity contribution in [3.8, 4) is 11.5 Å². The van der Waals surface area contributed by atoms with Crippen molar-refractivity contribution >= 4 is 60.8 Å². The highest BCUT2D eigenvalue weighted by molar-refractivity contribution is 9.10. The molecule has 252 valence electrons. The molecule has 9 heteroatoms. The lowest BCUT2D eigenvalue weighted by Gasteiger charge is -2.30. The van der Waals surface area contributed by atoms with E-state index in [2.05, 4.69) is 15.9 Å². The van der Waals surface area contributed by atoms with Crippen molar-refractivity contribution in [2.75, 3.05) is 20.2 Å². The molecule has 0 spiro atoms. The van der Waals surface area contributed by atoms with E-state index < -0.39 is 6.04 Å². The normalized spacial score (nSPS) is 14.5. The van der Waals surface area contributed by atoms with Gasteiger partial charge in [-0.05, 0) is 78.2 Å². The molecule has 7 rings (SSSR count). The van der Waals surface area contributed by atoms with Gasteiger partial charge in [0, 0.05) is 28.7 Å². The molecule has 0 N–H and O–H groups in total. The number of aromatic nitrogens is 1. The van der Waals surface area contributed by atoms with Crippen LogP contribution in [0.15, 0.2) is 123 Å². The van der Waals surface area contributed by atoms with Gasteiger partial charge in [0.1, 0.15) is 24.1 Å². The van der Waals surface area contributed by atoms with Crippen molar-refractivity contribution in [1.29, 1.82) is 0 Å². The Labute approximate surface area is 302 Å². The number of hydrogen-bond donors (Lipinski definition) is 0. The number of likely N-dealkylation sites (N-methyl/N-ethyl adjacent to an activating group) is 1. The monoisotopic (exact) mass is 745 g/mol. The van der Waals surface area contributed by atoms with E-state index >= 15 is 0 Å². The van der Waals surface area contributed by atoms with Crippen molar-refractivity contribution in [2.24, 2.45) is 4.99 Å². The number of benzene rings is 5. The Kier molecular flexibility index (Phi) is 9.44. The Balaban J connectivity index is 1.47. The average molecular weight is 747 g/mol. The summed E-state index contributed by atoms with van der Waals surface area (Å²) in [6.45, 7) is 7.20. The Morgan fingerprint density at radius 1 is 0.900 bits per heavy atom. The molecule has 1 atom stereocenters. The van der Waals surface area contributed by atoms with Crippen molar-refractivity contribution in [2.45, 2.75) is 33.4 Å². The summed E-state index contributed by atoms with van der Waals surface area (Å²) in [5.74, 6) is 1.11. The number of hydrogen-bond acceptors (Lipinski definition) is 6. The van der Waals surface area contributed by atoms with E-state index in [4.69, 9.17) is 14.5 Å². The lowest BCUT2D eigenvalue weighted by molar-refractivity contribution is -0.127. The number of rotatable bonds is 9. The molecule has 50 heavy (non-hydrogen) atoms. The fraction of sp³-hybridized carbons (Fsp3) is 0.195. The van der Waals surface area contributed by atoms with E-state index in [0.29, 0.717) is 51.8 Å². The molecule has 0 aliphatic carbocycles. The summed E-state index contributed by atoms with van der Waals surface area (Å²) in [6.07, 6.45) is 1.91. The first-order chi connectivity index (χ1) is 24.3. The number of thiazole rings is 1. The third kappa shape index (κ3) is 6.05. The molecular weight excluding hydrogens is 710 g/mol. The summed E-state index contributed by atoms with van der Waals surface area (Å²) in [6, 6.07) is 31.2. The Morgan fingerprint density at radius 3 is 2.22 bits per heavy atom. The number of carbonyl (C=O) groups excluding carboxylic acids is 1. The second-order valence-electron chi connectivity index (χ2n) is 12.1. The van der Waals surface area contributed by atoms with Gasteiger partial charge in [0.2, 0.25) is 0 Å². The molecule has 0 unspecified atom stereocenters. The van der Waals surface area contributed by atoms with Crippen LogP contribution < -0.4 is 24.4 Å². The van der Waals surface area contributed by atoms with Crippen LogP contribution in [0.25, 0.3) is 27.6 Å². The number of amides is 1. The Morgan fingerprint density at radius 2 is 1.54 bits per heavy atom. The molecule has 1 aliphatic heterocycles. The number of nitrogens with zero attached hydrogens (tertiary/aromatic N) is 3. The molecule has 1 aliphatic rings. The molecule has 0 saturated carbocycles. The van der Waals surface area contributed by atoms with Crippen LogP contribution in [0.4, 0.5) is 0 Å². The second kappa shape index (κ2) is 14.1. The molecule has 2 heterocycles. The van der Waals surface area contributed by atoms with Crippen molar-refractivity contribution < 1.29 is 14.3 Å². The van der Waals surface area contributed by atoms with Crippen molar-refractivity contribution in [1.82, 2.24) is 9.47 Å². The largest absolute Gasteiger partial charge is 0.496 e. The summed E-state index contributed by atoms with van der Waals surface area (Å²) in [4.78, 5) is 36.4. The third-order valence-electron chi connectivity index (χ3n) is 9.24. The van der Waals surface area contributed by atoms with E-state index in [1.807, 2.05) is 124 Å². The Bertz CT molecular complexity index is 2480. The molecule has 5 aromatic carbocycles. The van der Waals surface area contributed by atoms with E-state index in [9.17, 15) is 9.59 Å². The summed E-state index contributed by atoms with van der Waals surface area (Å²) >= 11 is 4.81. The van der Waals surface area contributed by atoms with E-state index in [1.54, 1.807) is 16.6 Å². The minimum Gasteiger partial charge on any atom is -0.496 e. The van der Waals surface area contributed by atoms with E-state index in [0.717, 1.165) is 42.7 Å². The van der Waals surface area contributed by atoms with Crippen molar-refractivity contribution in [3.63, 3.8) is 0 Å². The predicted molar refractivity (Wildman–Crippen MR) is 205 cm³/mol. The summed E-state index contributed by atoms with van der Waals surface area (Å²) in [7, 11) is 1.62. The van der Waals surface area contributed by atoms with E-state index in [1.165, 1.54) is 11.3 Å². The zero-order chi connectivity index (χ0) is 34.9. The average Bonchev–Trinajstić information content (AvgIpc) is 3.44. The van der Waals surface area contributed by atoms with E-state index in [-0.39, 0.29) is 11.5 Å². The first-order valence-corrected chi connectivity index (χ1v) is 18.2. The zero-order valence-electron chi connectivity index (χ0n) is 28.3. The Hall–Kier alpha value is -4.99. The number of halogens is 1. The summed E-state index contributed by atoms with van der Waals surface area (Å²) in [5.41, 5.74) is 3.39. The van der Waals surface area contributed by atoms with Crippen LogP contribution in [0.2, 0.25) is 0 Å². The smallest absolute Gasteiger partial charge is 0.271 e. The van der Waals surface area contributed by atoms with Gasteiger partial charge >= 0.3 is 0 Å². The summed E-state index contributed by atoms with van der Waals surface area (Å²) < 4.78 is 15.5. The number of fused-ring (bicyclic) bond motifs is 3. The van der Waals surface area contributed by atoms with Gasteiger partial charge in [-0.2, -0.15) is 0 Å². The van der Waals surface area contributed by atoms with Crippen LogP contribution in [0.1, 0.15) is 43.5 Å². The first kappa shape index (κ1) is 33.5. The quantitative estimate of drug-likeness (QED) is 0.152. The molecule has 6 aromatic rings. The highest BCUT2D eigenvalue weighted by Crippen LogP contribution is 2.40. The molecule has 0 bridgehead atoms. The standard InChI is InChI=1S/C41H36BrN3O4S/c1-5-44(6-2)40(47)36-25(3)43-41-45(38(36)37-31-14-10-8-12-28(31)18-22-34(37)48-4)39(46)35(50-41)23-32-30-13-9-7-11-27(30)17-21-33(32)49-24-26-15-19-29(42)20-16-26/h7-23,38H,5-6,24H2,1-4H3/b35-23+/t38-/m1/s1. The lowest BCUT2D eigenvalue weighted by Crippen LogP contribution is -2.43. The minimum atomic E-state index is -0.761. The summed E-state index contributed by atoms with van der Waals surface area (Å²) in [5, 5.41) is 3.89. The molecule has 0 fully saturated rings. The van der Waals surface area contributed by atoms with Gasteiger partial charge in [0.25, 0.3) is 11.5 Å². The van der Waals surface area contributed by atoms with Gasteiger partial charge in [-0.25, -0.2) is 4.99 Å². The maximum Gasteiger partial charge on any atom is 0.271 e. The molecular formula is C41H36BrN3O4S. The van der Waals surface area contributed by atoms with Crippen LogP contribution in [0.3, 0.4) is 0 Å². The number of methoxy groups -OCH3 is 1. The van der Waals surface area contributed by atoms with Crippen LogP contribution >= 0.6 is 27.3 Å². The van der Waals surface area contributed by atoms with Gasteiger partial charge < -0.3 is 14.4 Å². The fourth-order valence-electron chi connectivity index (χ4n) is 6.71. The maximum absolute atomic E-state index is 14.8. The predicted octanol–water partition coefficient (Wildman–Crippen LogP) is 7.76. The lowest BCUT2D eigenvalue weighted by atomic mass is 9.90. The molecule has 1 aromatic heterocycles. The van der Waals surface area contributed by atoms with Crippen LogP contribution in [-0.4, -0.2) is 35.6 Å². The second-order valence-corrected chi connectivity index (χ2v) is 14.0. The topological polar surface area (TPSA) is 73.1 Å². The van der Waals surface area contributed by atoms with Crippen molar-refractivity contribution in [3.05, 3.63) is 149 Å². The fourth-order valence-corrected chi connectivity index (χ4v) is 8.00. The SMILES string of the molecule is CCN(CC)C(=O)C1=C(C)N=c2s/c(=C/c3c(OCc4ccc(Br)cc4)ccc4ccccc34)c(=O)n2[C@H]1c1c(OC)ccc2ccccc12. The van der Waals surface area contributed by atoms with Gasteiger partial charge in [-0.15, -0.1) is 0 Å². The maximum atomic E-state index is 14.8. The zero-order valence-corrected chi connectivity index (χ0v) is 30.7. The molecule has 0 saturated heterocycles. The first-order valence-electron chi connectivity index (χ1n) is 16.6. The highest BCUT2D eigenvalue weighted by atomic mass is 79.9. The van der Waals surface area contributed by atoms with Gasteiger partial charge in [-0.3, -0.25) is 14.2 Å². The number of ether oxygens (including phenoxy) is 2. The highest BCUT2D eigenvalue weighted by Gasteiger charge is 2.36. The molecule has 0 radical (unpaired) electrons.